The first kappa shape index (κ1) is 20.4. The minimum Gasteiger partial charge on any atom is -0.467 e. The quantitative estimate of drug-likeness (QED) is 0.656. The van der Waals surface area contributed by atoms with Crippen molar-refractivity contribution in [3.8, 4) is 0 Å². The normalized spacial score (nSPS) is 19.9. The van der Waals surface area contributed by atoms with Crippen molar-refractivity contribution in [2.24, 2.45) is 0 Å². The van der Waals surface area contributed by atoms with Crippen LogP contribution in [0.25, 0.3) is 0 Å². The van der Waals surface area contributed by atoms with Gasteiger partial charge in [0.1, 0.15) is 12.1 Å². The summed E-state index contributed by atoms with van der Waals surface area (Å²) in [6.07, 6.45) is 9.38. The van der Waals surface area contributed by atoms with E-state index < -0.39 is 0 Å². The van der Waals surface area contributed by atoms with E-state index in [4.69, 9.17) is 9.15 Å². The number of thioether (sulfide) groups is 1. The van der Waals surface area contributed by atoms with Crippen LogP contribution in [0.4, 0.5) is 0 Å². The molecule has 1 saturated heterocycles. The van der Waals surface area contributed by atoms with Crippen LogP contribution in [0.2, 0.25) is 0 Å². The predicted molar refractivity (Wildman–Crippen MR) is 110 cm³/mol. The summed E-state index contributed by atoms with van der Waals surface area (Å²) in [5.74, 6) is 1.21. The maximum atomic E-state index is 12.6. The molecule has 9 heteroatoms. The third-order valence-electron chi connectivity index (χ3n) is 5.90. The third-order valence-corrected chi connectivity index (χ3v) is 6.88. The van der Waals surface area contributed by atoms with E-state index in [0.29, 0.717) is 18.8 Å². The number of furan rings is 1. The molecule has 0 unspecified atom stereocenters. The van der Waals surface area contributed by atoms with E-state index in [1.165, 1.54) is 31.0 Å². The summed E-state index contributed by atoms with van der Waals surface area (Å²) < 4.78 is 12.8. The monoisotopic (exact) mass is 419 g/mol. The van der Waals surface area contributed by atoms with Crippen molar-refractivity contribution < 1.29 is 13.9 Å². The van der Waals surface area contributed by atoms with E-state index >= 15 is 0 Å². The second-order valence-corrected chi connectivity index (χ2v) is 8.71. The van der Waals surface area contributed by atoms with Crippen molar-refractivity contribution in [1.29, 1.82) is 0 Å². The highest BCUT2D eigenvalue weighted by Crippen LogP contribution is 2.34. The Morgan fingerprint density at radius 2 is 2.07 bits per heavy atom. The molecular weight excluding hydrogens is 390 g/mol. The fraction of sp³-hybridized carbons (Fsp3) is 0.650. The van der Waals surface area contributed by atoms with E-state index in [1.54, 1.807) is 12.6 Å². The molecule has 2 fully saturated rings. The first-order valence-corrected chi connectivity index (χ1v) is 11.4. The third kappa shape index (κ3) is 5.21. The minimum absolute atomic E-state index is 0.0424. The van der Waals surface area contributed by atoms with Gasteiger partial charge in [-0.1, -0.05) is 31.0 Å². The topological polar surface area (TPSA) is 85.4 Å². The molecule has 29 heavy (non-hydrogen) atoms. The van der Waals surface area contributed by atoms with Crippen molar-refractivity contribution in [1.82, 2.24) is 25.0 Å². The summed E-state index contributed by atoms with van der Waals surface area (Å²) >= 11 is 1.41. The van der Waals surface area contributed by atoms with Crippen molar-refractivity contribution in [2.45, 2.75) is 49.3 Å². The summed E-state index contributed by atoms with van der Waals surface area (Å²) in [4.78, 5) is 15.1. The first-order chi connectivity index (χ1) is 14.3. The van der Waals surface area contributed by atoms with Crippen LogP contribution >= 0.6 is 11.8 Å². The summed E-state index contributed by atoms with van der Waals surface area (Å²) in [6, 6.07) is 3.77. The molecule has 0 aromatic carbocycles. The van der Waals surface area contributed by atoms with Crippen LogP contribution in [-0.4, -0.2) is 69.7 Å². The van der Waals surface area contributed by atoms with Crippen molar-refractivity contribution in [3.63, 3.8) is 0 Å². The van der Waals surface area contributed by atoms with Crippen LogP contribution < -0.4 is 5.32 Å². The second kappa shape index (κ2) is 9.77. The molecule has 1 N–H and O–H groups in total. The van der Waals surface area contributed by atoms with Crippen molar-refractivity contribution in [2.75, 3.05) is 38.6 Å². The van der Waals surface area contributed by atoms with Crippen LogP contribution in [0.15, 0.2) is 34.3 Å². The number of ether oxygens (including phenoxy) is 1. The molecule has 0 bridgehead atoms. The largest absolute Gasteiger partial charge is 0.467 e. The first-order valence-electron chi connectivity index (χ1n) is 10.4. The number of carbonyl (C=O) groups is 1. The van der Waals surface area contributed by atoms with Gasteiger partial charge in [0.05, 0.1) is 31.8 Å². The summed E-state index contributed by atoms with van der Waals surface area (Å²) in [6.45, 7) is 4.77. The van der Waals surface area contributed by atoms with Crippen LogP contribution in [0.3, 0.4) is 0 Å². The molecule has 0 atom stereocenters. The molecule has 1 aliphatic carbocycles. The number of amides is 1. The van der Waals surface area contributed by atoms with Crippen LogP contribution in [0.1, 0.15) is 37.9 Å². The maximum Gasteiger partial charge on any atom is 0.230 e. The van der Waals surface area contributed by atoms with Gasteiger partial charge < -0.3 is 19.0 Å². The number of rotatable bonds is 8. The molecule has 1 amide bonds. The Morgan fingerprint density at radius 1 is 1.24 bits per heavy atom. The highest BCUT2D eigenvalue weighted by atomic mass is 32.2. The molecule has 0 radical (unpaired) electrons. The molecule has 2 aromatic heterocycles. The van der Waals surface area contributed by atoms with Crippen LogP contribution in [-0.2, 0) is 16.1 Å². The average Bonchev–Trinajstić information content (AvgIpc) is 3.44. The van der Waals surface area contributed by atoms with Gasteiger partial charge in [0.25, 0.3) is 0 Å². The molecule has 3 heterocycles. The lowest BCUT2D eigenvalue weighted by Crippen LogP contribution is -2.59. The molecule has 2 aliphatic rings. The average molecular weight is 420 g/mol. The Hall–Kier alpha value is -1.84. The van der Waals surface area contributed by atoms with Gasteiger partial charge in [-0.2, -0.15) is 0 Å². The zero-order valence-electron chi connectivity index (χ0n) is 16.7. The van der Waals surface area contributed by atoms with Crippen LogP contribution in [0.5, 0.6) is 0 Å². The maximum absolute atomic E-state index is 12.6. The molecule has 1 saturated carbocycles. The molecule has 0 spiro atoms. The van der Waals surface area contributed by atoms with E-state index in [2.05, 4.69) is 20.4 Å². The van der Waals surface area contributed by atoms with Gasteiger partial charge in [-0.05, 0) is 25.0 Å². The van der Waals surface area contributed by atoms with Gasteiger partial charge in [-0.3, -0.25) is 9.69 Å². The van der Waals surface area contributed by atoms with Gasteiger partial charge in [-0.15, -0.1) is 10.2 Å². The Labute approximate surface area is 175 Å². The zero-order valence-corrected chi connectivity index (χ0v) is 17.5. The van der Waals surface area contributed by atoms with Gasteiger partial charge >= 0.3 is 0 Å². The van der Waals surface area contributed by atoms with Gasteiger partial charge in [0, 0.05) is 25.2 Å². The Morgan fingerprint density at radius 3 is 2.83 bits per heavy atom. The lowest BCUT2D eigenvalue weighted by Gasteiger charge is -2.48. The fourth-order valence-electron chi connectivity index (χ4n) is 4.33. The molecule has 4 rings (SSSR count). The number of hydrogen-bond donors (Lipinski definition) is 1. The van der Waals surface area contributed by atoms with Crippen molar-refractivity contribution >= 4 is 17.7 Å². The van der Waals surface area contributed by atoms with Gasteiger partial charge in [0.2, 0.25) is 5.91 Å². The number of nitrogens with one attached hydrogen (secondary N) is 1. The highest BCUT2D eigenvalue weighted by Gasteiger charge is 2.38. The van der Waals surface area contributed by atoms with E-state index in [0.717, 1.165) is 50.1 Å². The summed E-state index contributed by atoms with van der Waals surface area (Å²) in [7, 11) is 0. The van der Waals surface area contributed by atoms with Gasteiger partial charge in [0.15, 0.2) is 5.16 Å². The lowest BCUT2D eigenvalue weighted by atomic mass is 9.79. The molecule has 158 valence electrons. The van der Waals surface area contributed by atoms with Crippen LogP contribution in [0, 0.1) is 0 Å². The number of morpholine rings is 1. The summed E-state index contributed by atoms with van der Waals surface area (Å²) in [5.41, 5.74) is 0.0850. The molecular formula is C20H29N5O3S. The SMILES string of the molecule is O=C(CSc1nncn1Cc1ccco1)NCC1(N2CCOCC2)CCCCC1. The Bertz CT molecular complexity index is 767. The number of nitrogens with zero attached hydrogens (tertiary/aromatic N) is 4. The smallest absolute Gasteiger partial charge is 0.230 e. The van der Waals surface area contributed by atoms with E-state index in [1.807, 2.05) is 16.7 Å². The molecule has 2 aromatic rings. The summed E-state index contributed by atoms with van der Waals surface area (Å²) in [5, 5.41) is 12.0. The number of aromatic nitrogens is 3. The lowest BCUT2D eigenvalue weighted by molar-refractivity contribution is -0.119. The molecule has 1 aliphatic heterocycles. The Balaban J connectivity index is 1.29. The zero-order chi connectivity index (χ0) is 19.9. The number of hydrogen-bond acceptors (Lipinski definition) is 7. The van der Waals surface area contributed by atoms with E-state index in [-0.39, 0.29) is 11.4 Å². The fourth-order valence-corrected chi connectivity index (χ4v) is 5.08. The second-order valence-electron chi connectivity index (χ2n) is 7.77. The number of carbonyl (C=O) groups excluding carboxylic acids is 1. The highest BCUT2D eigenvalue weighted by molar-refractivity contribution is 7.99. The van der Waals surface area contributed by atoms with Crippen molar-refractivity contribution in [3.05, 3.63) is 30.5 Å². The Kier molecular flexibility index (Phi) is 6.89. The van der Waals surface area contributed by atoms with E-state index in [9.17, 15) is 4.79 Å². The standard InChI is InChI=1S/C20H29N5O3S/c26-18(14-29-19-23-22-16-24(19)13-17-5-4-10-28-17)21-15-20(6-2-1-3-7-20)25-8-11-27-12-9-25/h4-5,10,16H,1-3,6-9,11-15H2,(H,21,26). The van der Waals surface area contributed by atoms with Gasteiger partial charge in [-0.25, -0.2) is 0 Å². The minimum atomic E-state index is 0.0424. The predicted octanol–water partition coefficient (Wildman–Crippen LogP) is 2.16. The molecule has 8 nitrogen and oxygen atoms in total.